The number of nitrogens with zero attached hydrogens (tertiary/aromatic N) is 3. The van der Waals surface area contributed by atoms with E-state index in [0.717, 1.165) is 71.0 Å². The van der Waals surface area contributed by atoms with E-state index < -0.39 is 0 Å². The molecule has 0 saturated carbocycles. The van der Waals surface area contributed by atoms with Gasteiger partial charge < -0.3 is 15.0 Å². The quantitative estimate of drug-likeness (QED) is 0.271. The fourth-order valence-electron chi connectivity index (χ4n) is 3.81. The SMILES string of the molecule is CCNC(=NCCN1CCc2sccc2C1)N1CCC(C(=O)OCC)CC1.I. The normalized spacial score (nSPS) is 18.4. The number of guanidine groups is 1. The van der Waals surface area contributed by atoms with Crippen molar-refractivity contribution in [3.63, 3.8) is 0 Å². The number of carbonyl (C=O) groups is 1. The molecule has 1 fully saturated rings. The largest absolute Gasteiger partial charge is 0.466 e. The fraction of sp³-hybridized carbons (Fsp3) is 0.700. The fourth-order valence-corrected chi connectivity index (χ4v) is 4.70. The first kappa shape index (κ1) is 23.4. The van der Waals surface area contributed by atoms with Gasteiger partial charge in [0.15, 0.2) is 5.96 Å². The third kappa shape index (κ3) is 6.32. The molecular formula is C20H33IN4O2S. The van der Waals surface area contributed by atoms with Crippen LogP contribution in [-0.2, 0) is 22.5 Å². The first-order valence-electron chi connectivity index (χ1n) is 10.2. The molecule has 0 aromatic carbocycles. The highest BCUT2D eigenvalue weighted by atomic mass is 127. The lowest BCUT2D eigenvalue weighted by Gasteiger charge is -2.33. The second-order valence-corrected chi connectivity index (χ2v) is 8.14. The minimum Gasteiger partial charge on any atom is -0.466 e. The number of carbonyl (C=O) groups excluding carboxylic acids is 1. The highest BCUT2D eigenvalue weighted by Crippen LogP contribution is 2.23. The van der Waals surface area contributed by atoms with Crippen LogP contribution in [0.5, 0.6) is 0 Å². The molecule has 28 heavy (non-hydrogen) atoms. The van der Waals surface area contributed by atoms with Gasteiger partial charge in [0.2, 0.25) is 0 Å². The molecular weight excluding hydrogens is 487 g/mol. The van der Waals surface area contributed by atoms with E-state index in [0.29, 0.717) is 6.61 Å². The number of likely N-dealkylation sites (tertiary alicyclic amines) is 1. The van der Waals surface area contributed by atoms with Gasteiger partial charge >= 0.3 is 5.97 Å². The van der Waals surface area contributed by atoms with Gasteiger partial charge in [-0.15, -0.1) is 35.3 Å². The van der Waals surface area contributed by atoms with Crippen molar-refractivity contribution < 1.29 is 9.53 Å². The maximum Gasteiger partial charge on any atom is 0.309 e. The van der Waals surface area contributed by atoms with Gasteiger partial charge in [0.25, 0.3) is 0 Å². The molecule has 1 N–H and O–H groups in total. The van der Waals surface area contributed by atoms with Gasteiger partial charge in [-0.3, -0.25) is 14.7 Å². The van der Waals surface area contributed by atoms with Crippen LogP contribution in [0.3, 0.4) is 0 Å². The molecule has 0 atom stereocenters. The van der Waals surface area contributed by atoms with Crippen LogP contribution < -0.4 is 5.32 Å². The second-order valence-electron chi connectivity index (χ2n) is 7.14. The number of esters is 1. The molecule has 0 unspecified atom stereocenters. The lowest BCUT2D eigenvalue weighted by Crippen LogP contribution is -2.47. The number of ether oxygens (including phenoxy) is 1. The van der Waals surface area contributed by atoms with Crippen molar-refractivity contribution in [2.45, 2.75) is 39.7 Å². The van der Waals surface area contributed by atoms with Gasteiger partial charge in [0.1, 0.15) is 0 Å². The van der Waals surface area contributed by atoms with Crippen molar-refractivity contribution in [2.75, 3.05) is 45.9 Å². The van der Waals surface area contributed by atoms with Gasteiger partial charge in [-0.2, -0.15) is 0 Å². The standard InChI is InChI=1S/C20H32N4O2S.HI/c1-3-21-20(24-11-5-16(6-12-24)19(25)26-4-2)22-9-13-23-10-7-18-17(15-23)8-14-27-18;/h8,14,16H,3-7,9-13,15H2,1-2H3,(H,21,22);1H. The van der Waals surface area contributed by atoms with Gasteiger partial charge in [-0.05, 0) is 50.1 Å². The monoisotopic (exact) mass is 520 g/mol. The van der Waals surface area contributed by atoms with Gasteiger partial charge in [0.05, 0.1) is 19.1 Å². The number of hydrogen-bond acceptors (Lipinski definition) is 5. The maximum atomic E-state index is 11.9. The average Bonchev–Trinajstić information content (AvgIpc) is 3.15. The number of piperidine rings is 1. The van der Waals surface area contributed by atoms with Crippen LogP contribution in [0.2, 0.25) is 0 Å². The van der Waals surface area contributed by atoms with Crippen LogP contribution in [0.4, 0.5) is 0 Å². The summed E-state index contributed by atoms with van der Waals surface area (Å²) in [7, 11) is 0. The predicted octanol–water partition coefficient (Wildman–Crippen LogP) is 2.96. The highest BCUT2D eigenvalue weighted by Gasteiger charge is 2.27. The Bertz CT molecular complexity index is 644. The summed E-state index contributed by atoms with van der Waals surface area (Å²) in [5.74, 6) is 0.974. The third-order valence-corrected chi connectivity index (χ3v) is 6.34. The van der Waals surface area contributed by atoms with E-state index >= 15 is 0 Å². The molecule has 8 heteroatoms. The first-order chi connectivity index (χ1) is 13.2. The van der Waals surface area contributed by atoms with E-state index in [1.54, 1.807) is 4.88 Å². The van der Waals surface area contributed by atoms with Crippen LogP contribution in [0, 0.1) is 5.92 Å². The summed E-state index contributed by atoms with van der Waals surface area (Å²) < 4.78 is 5.17. The Balaban J connectivity index is 0.00000280. The Labute approximate surface area is 189 Å². The highest BCUT2D eigenvalue weighted by molar-refractivity contribution is 14.0. The summed E-state index contributed by atoms with van der Waals surface area (Å²) in [5.41, 5.74) is 1.49. The molecule has 0 bridgehead atoms. The zero-order valence-electron chi connectivity index (χ0n) is 17.0. The van der Waals surface area contributed by atoms with Gasteiger partial charge in [-0.25, -0.2) is 0 Å². The number of hydrogen-bond donors (Lipinski definition) is 1. The minimum atomic E-state index is -0.0445. The van der Waals surface area contributed by atoms with Crippen molar-refractivity contribution in [2.24, 2.45) is 10.9 Å². The van der Waals surface area contributed by atoms with Gasteiger partial charge in [-0.1, -0.05) is 0 Å². The summed E-state index contributed by atoms with van der Waals surface area (Å²) in [4.78, 5) is 23.1. The van der Waals surface area contributed by atoms with E-state index in [-0.39, 0.29) is 35.9 Å². The van der Waals surface area contributed by atoms with Crippen LogP contribution in [0.15, 0.2) is 16.4 Å². The summed E-state index contributed by atoms with van der Waals surface area (Å²) in [5, 5.41) is 5.62. The van der Waals surface area contributed by atoms with Crippen molar-refractivity contribution in [1.29, 1.82) is 0 Å². The Morgan fingerprint density at radius 3 is 2.82 bits per heavy atom. The number of nitrogens with one attached hydrogen (secondary N) is 1. The van der Waals surface area contributed by atoms with Crippen molar-refractivity contribution in [3.8, 4) is 0 Å². The molecule has 0 aliphatic carbocycles. The Morgan fingerprint density at radius 2 is 2.11 bits per heavy atom. The van der Waals surface area contributed by atoms with Gasteiger partial charge in [0, 0.05) is 44.1 Å². The van der Waals surface area contributed by atoms with Crippen LogP contribution >= 0.6 is 35.3 Å². The molecule has 0 radical (unpaired) electrons. The number of halogens is 1. The lowest BCUT2D eigenvalue weighted by atomic mass is 9.97. The molecule has 1 aromatic heterocycles. The van der Waals surface area contributed by atoms with E-state index in [1.807, 2.05) is 18.3 Å². The number of thiophene rings is 1. The summed E-state index contributed by atoms with van der Waals surface area (Å²) in [6.07, 6.45) is 2.85. The zero-order chi connectivity index (χ0) is 19.1. The smallest absolute Gasteiger partial charge is 0.309 e. The number of rotatable bonds is 6. The van der Waals surface area contributed by atoms with E-state index in [9.17, 15) is 4.79 Å². The third-order valence-electron chi connectivity index (χ3n) is 5.31. The number of aliphatic imine (C=N–C) groups is 1. The molecule has 6 nitrogen and oxygen atoms in total. The van der Waals surface area contributed by atoms with E-state index in [4.69, 9.17) is 9.73 Å². The Hall–Kier alpha value is -0.870. The lowest BCUT2D eigenvalue weighted by molar-refractivity contribution is -0.149. The average molecular weight is 520 g/mol. The topological polar surface area (TPSA) is 57.2 Å². The Morgan fingerprint density at radius 1 is 1.32 bits per heavy atom. The molecule has 3 heterocycles. The van der Waals surface area contributed by atoms with Crippen molar-refractivity contribution >= 4 is 47.2 Å². The molecule has 1 saturated heterocycles. The second kappa shape index (κ2) is 12.0. The molecule has 158 valence electrons. The minimum absolute atomic E-state index is 0. The predicted molar refractivity (Wildman–Crippen MR) is 126 cm³/mol. The molecule has 2 aliphatic heterocycles. The molecule has 1 aromatic rings. The summed E-state index contributed by atoms with van der Waals surface area (Å²) in [6, 6.07) is 2.26. The molecule has 0 amide bonds. The summed E-state index contributed by atoms with van der Waals surface area (Å²) in [6.45, 7) is 11.0. The summed E-state index contributed by atoms with van der Waals surface area (Å²) >= 11 is 1.88. The molecule has 2 aliphatic rings. The maximum absolute atomic E-state index is 11.9. The van der Waals surface area contributed by atoms with Crippen LogP contribution in [0.25, 0.3) is 0 Å². The van der Waals surface area contributed by atoms with Crippen molar-refractivity contribution in [3.05, 3.63) is 21.9 Å². The zero-order valence-corrected chi connectivity index (χ0v) is 20.1. The van der Waals surface area contributed by atoms with Crippen LogP contribution in [-0.4, -0.2) is 67.6 Å². The van der Waals surface area contributed by atoms with E-state index in [2.05, 4.69) is 33.5 Å². The molecule has 0 spiro atoms. The van der Waals surface area contributed by atoms with Crippen LogP contribution in [0.1, 0.15) is 37.1 Å². The Kier molecular flexibility index (Phi) is 10.0. The van der Waals surface area contributed by atoms with Crippen molar-refractivity contribution in [1.82, 2.24) is 15.1 Å². The van der Waals surface area contributed by atoms with E-state index in [1.165, 1.54) is 5.56 Å². The first-order valence-corrected chi connectivity index (χ1v) is 11.1. The molecule has 3 rings (SSSR count). The number of fused-ring (bicyclic) bond motifs is 1.